The zero-order valence-electron chi connectivity index (χ0n) is 16.2. The highest BCUT2D eigenvalue weighted by Crippen LogP contribution is 2.36. The van der Waals surface area contributed by atoms with E-state index in [2.05, 4.69) is 20.5 Å². The number of amides is 1. The second-order valence-electron chi connectivity index (χ2n) is 8.01. The molecule has 1 atom stereocenters. The van der Waals surface area contributed by atoms with E-state index in [4.69, 9.17) is 0 Å². The molecule has 3 heterocycles. The molecule has 3 rings (SSSR count). The Balaban J connectivity index is 0.00000261. The first-order valence-corrected chi connectivity index (χ1v) is 11.3. The molecule has 0 bridgehead atoms. The van der Waals surface area contributed by atoms with Gasteiger partial charge in [0.15, 0.2) is 5.96 Å². The van der Waals surface area contributed by atoms with Crippen LogP contribution in [0.1, 0.15) is 32.1 Å². The Hall–Kier alpha value is -0.620. The lowest BCUT2D eigenvalue weighted by Crippen LogP contribution is -2.52. The Morgan fingerprint density at radius 2 is 2.04 bits per heavy atom. The van der Waals surface area contributed by atoms with E-state index in [-0.39, 0.29) is 35.3 Å². The maximum atomic E-state index is 11.7. The summed E-state index contributed by atoms with van der Waals surface area (Å²) in [5.74, 6) is 1.51. The number of carbonyl (C=O) groups excluding carboxylic acids is 1. The van der Waals surface area contributed by atoms with Crippen LogP contribution in [0.5, 0.6) is 0 Å². The largest absolute Gasteiger partial charge is 0.356 e. The van der Waals surface area contributed by atoms with E-state index >= 15 is 0 Å². The van der Waals surface area contributed by atoms with E-state index < -0.39 is 10.0 Å². The van der Waals surface area contributed by atoms with Crippen LogP contribution in [0.4, 0.5) is 0 Å². The lowest BCUT2D eigenvalue weighted by molar-refractivity contribution is -0.119. The lowest BCUT2D eigenvalue weighted by atomic mass is 9.79. The molecule has 3 aliphatic rings. The van der Waals surface area contributed by atoms with Crippen LogP contribution in [0.25, 0.3) is 0 Å². The third kappa shape index (κ3) is 5.69. The molecule has 1 amide bonds. The molecule has 0 aromatic carbocycles. The molecule has 0 saturated carbocycles. The summed E-state index contributed by atoms with van der Waals surface area (Å²) < 4.78 is 24.8. The summed E-state index contributed by atoms with van der Waals surface area (Å²) in [7, 11) is -1.27. The third-order valence-corrected chi connectivity index (χ3v) is 7.26. The topological polar surface area (TPSA) is 94.1 Å². The number of hydrogen-bond donors (Lipinski definition) is 2. The van der Waals surface area contributed by atoms with Gasteiger partial charge in [-0.3, -0.25) is 9.79 Å². The van der Waals surface area contributed by atoms with Gasteiger partial charge in [-0.05, 0) is 31.6 Å². The van der Waals surface area contributed by atoms with Crippen molar-refractivity contribution in [3.05, 3.63) is 0 Å². The Labute approximate surface area is 179 Å². The third-order valence-electron chi connectivity index (χ3n) is 5.96. The van der Waals surface area contributed by atoms with Gasteiger partial charge < -0.3 is 15.5 Å². The summed E-state index contributed by atoms with van der Waals surface area (Å²) >= 11 is 0. The lowest BCUT2D eigenvalue weighted by Gasteiger charge is -2.41. The molecule has 0 radical (unpaired) electrons. The van der Waals surface area contributed by atoms with Gasteiger partial charge in [-0.2, -0.15) is 0 Å². The Morgan fingerprint density at radius 3 is 2.59 bits per heavy atom. The molecule has 0 aromatic heterocycles. The molecule has 3 aliphatic heterocycles. The van der Waals surface area contributed by atoms with E-state index in [1.165, 1.54) is 6.26 Å². The van der Waals surface area contributed by atoms with Gasteiger partial charge in [-0.15, -0.1) is 24.0 Å². The number of nitrogens with one attached hydrogen (secondary N) is 2. The summed E-state index contributed by atoms with van der Waals surface area (Å²) in [6.45, 7) is 4.60. The highest BCUT2D eigenvalue weighted by Gasteiger charge is 2.42. The first-order chi connectivity index (χ1) is 12.3. The van der Waals surface area contributed by atoms with E-state index in [1.54, 1.807) is 11.4 Å². The summed E-state index contributed by atoms with van der Waals surface area (Å²) in [5.41, 5.74) is 0.0494. The second-order valence-corrected chi connectivity index (χ2v) is 9.99. The molecule has 8 nitrogen and oxygen atoms in total. The summed E-state index contributed by atoms with van der Waals surface area (Å²) in [6, 6.07) is 0. The zero-order valence-corrected chi connectivity index (χ0v) is 19.4. The Bertz CT molecular complexity index is 663. The number of piperidine rings is 2. The molecule has 0 aromatic rings. The molecule has 3 fully saturated rings. The monoisotopic (exact) mass is 513 g/mol. The highest BCUT2D eigenvalue weighted by atomic mass is 127. The minimum Gasteiger partial charge on any atom is -0.356 e. The van der Waals surface area contributed by atoms with E-state index in [9.17, 15) is 13.2 Å². The first kappa shape index (κ1) is 22.7. The van der Waals surface area contributed by atoms with Gasteiger partial charge in [-0.25, -0.2) is 12.7 Å². The number of aliphatic imine (C=N–C) groups is 1. The van der Waals surface area contributed by atoms with Crippen LogP contribution in [-0.2, 0) is 14.8 Å². The van der Waals surface area contributed by atoms with Crippen LogP contribution in [-0.4, -0.2) is 82.1 Å². The number of guanidine groups is 1. The van der Waals surface area contributed by atoms with Crippen molar-refractivity contribution in [2.45, 2.75) is 32.1 Å². The van der Waals surface area contributed by atoms with Crippen molar-refractivity contribution in [2.24, 2.45) is 16.3 Å². The maximum Gasteiger partial charge on any atom is 0.220 e. The van der Waals surface area contributed by atoms with E-state index in [1.807, 2.05) is 0 Å². The average Bonchev–Trinajstić information content (AvgIpc) is 2.95. The van der Waals surface area contributed by atoms with Crippen LogP contribution in [0.2, 0.25) is 0 Å². The van der Waals surface area contributed by atoms with Crippen LogP contribution >= 0.6 is 24.0 Å². The number of halogens is 1. The Kier molecular flexibility index (Phi) is 7.77. The maximum absolute atomic E-state index is 11.7. The zero-order chi connectivity index (χ0) is 18.8. The van der Waals surface area contributed by atoms with Gasteiger partial charge in [0.25, 0.3) is 0 Å². The smallest absolute Gasteiger partial charge is 0.220 e. The quantitative estimate of drug-likeness (QED) is 0.325. The minimum absolute atomic E-state index is 0. The normalized spacial score (nSPS) is 28.1. The predicted octanol–water partition coefficient (Wildman–Crippen LogP) is 0.454. The van der Waals surface area contributed by atoms with Gasteiger partial charge in [0.2, 0.25) is 15.9 Å². The fourth-order valence-corrected chi connectivity index (χ4v) is 5.32. The molecule has 3 saturated heterocycles. The van der Waals surface area contributed by atoms with Crippen molar-refractivity contribution in [2.75, 3.05) is 52.6 Å². The minimum atomic E-state index is -3.07. The average molecular weight is 513 g/mol. The molecule has 0 aliphatic carbocycles. The van der Waals surface area contributed by atoms with Crippen molar-refractivity contribution < 1.29 is 13.2 Å². The number of hydrogen-bond acceptors (Lipinski definition) is 4. The number of sulfonamides is 1. The SMILES string of the molecule is CN=C(NCC1CCN(S(C)(=O)=O)CC1)N1CCCC2(CNC(=O)C2)C1.I. The van der Waals surface area contributed by atoms with Crippen LogP contribution in [0.3, 0.4) is 0 Å². The molecule has 1 spiro atoms. The van der Waals surface area contributed by atoms with Crippen LogP contribution in [0.15, 0.2) is 4.99 Å². The molecule has 156 valence electrons. The van der Waals surface area contributed by atoms with E-state index in [0.717, 1.165) is 57.8 Å². The molecule has 2 N–H and O–H groups in total. The highest BCUT2D eigenvalue weighted by molar-refractivity contribution is 14.0. The van der Waals surface area contributed by atoms with Gasteiger partial charge in [0.05, 0.1) is 6.26 Å². The van der Waals surface area contributed by atoms with Gasteiger partial charge in [0.1, 0.15) is 0 Å². The fourth-order valence-electron chi connectivity index (χ4n) is 4.44. The van der Waals surface area contributed by atoms with Crippen molar-refractivity contribution >= 4 is 45.9 Å². The molecular formula is C17H32IN5O3S. The molecule has 27 heavy (non-hydrogen) atoms. The summed E-state index contributed by atoms with van der Waals surface area (Å²) in [5, 5.41) is 6.46. The van der Waals surface area contributed by atoms with Crippen molar-refractivity contribution in [1.82, 2.24) is 19.8 Å². The molecule has 1 unspecified atom stereocenters. The van der Waals surface area contributed by atoms with Crippen LogP contribution < -0.4 is 10.6 Å². The molecule has 10 heteroatoms. The molecular weight excluding hydrogens is 481 g/mol. The number of nitrogens with zero attached hydrogens (tertiary/aromatic N) is 3. The number of carbonyl (C=O) groups is 1. The van der Waals surface area contributed by atoms with Gasteiger partial charge in [0, 0.05) is 58.2 Å². The van der Waals surface area contributed by atoms with Crippen molar-refractivity contribution in [3.8, 4) is 0 Å². The van der Waals surface area contributed by atoms with Crippen molar-refractivity contribution in [1.29, 1.82) is 0 Å². The Morgan fingerprint density at radius 1 is 1.33 bits per heavy atom. The standard InChI is InChI=1S/C17H31N5O3S.HI/c1-18-16(19-11-14-4-8-22(9-5-14)26(2,24)25)21-7-3-6-17(13-21)10-15(23)20-12-17;/h14H,3-13H2,1-2H3,(H,18,19)(H,20,23);1H. The predicted molar refractivity (Wildman–Crippen MR) is 117 cm³/mol. The van der Waals surface area contributed by atoms with E-state index in [0.29, 0.717) is 25.4 Å². The van der Waals surface area contributed by atoms with Gasteiger partial charge in [-0.1, -0.05) is 0 Å². The van der Waals surface area contributed by atoms with Gasteiger partial charge >= 0.3 is 0 Å². The summed E-state index contributed by atoms with van der Waals surface area (Å²) in [4.78, 5) is 18.4. The number of rotatable bonds is 3. The number of likely N-dealkylation sites (tertiary alicyclic amines) is 1. The van der Waals surface area contributed by atoms with Crippen LogP contribution in [0, 0.1) is 11.3 Å². The first-order valence-electron chi connectivity index (χ1n) is 9.49. The van der Waals surface area contributed by atoms with Crippen molar-refractivity contribution in [3.63, 3.8) is 0 Å². The summed E-state index contributed by atoms with van der Waals surface area (Å²) in [6.07, 6.45) is 5.80. The second kappa shape index (κ2) is 9.25. The fraction of sp³-hybridized carbons (Fsp3) is 0.882.